The van der Waals surface area contributed by atoms with Gasteiger partial charge in [-0.3, -0.25) is 14.6 Å². The molecule has 156 valence electrons. The van der Waals surface area contributed by atoms with Gasteiger partial charge in [0.05, 0.1) is 6.42 Å². The molecule has 0 radical (unpaired) electrons. The van der Waals surface area contributed by atoms with Gasteiger partial charge in [0.15, 0.2) is 6.61 Å². The van der Waals surface area contributed by atoms with Gasteiger partial charge < -0.3 is 19.3 Å². The molecule has 1 N–H and O–H groups in total. The number of hydrogen-bond acceptors (Lipinski definition) is 8. The van der Waals surface area contributed by atoms with Gasteiger partial charge in [-0.1, -0.05) is 11.2 Å². The van der Waals surface area contributed by atoms with Crippen LogP contribution >= 0.6 is 0 Å². The van der Waals surface area contributed by atoms with Crippen LogP contribution in [-0.4, -0.2) is 40.2 Å². The zero-order chi connectivity index (χ0) is 21.3. The van der Waals surface area contributed by atoms with E-state index in [2.05, 4.69) is 25.2 Å². The number of hydrogen-bond donors (Lipinski definition) is 1. The number of aryl methyl sites for hydroxylation is 1. The lowest BCUT2D eigenvalue weighted by atomic mass is 10.3. The molecular weight excluding hydrogens is 402 g/mol. The molecule has 0 aliphatic rings. The number of halogens is 2. The van der Waals surface area contributed by atoms with Crippen molar-refractivity contribution in [2.24, 2.45) is 0 Å². The highest BCUT2D eigenvalue weighted by molar-refractivity contribution is 5.92. The standard InChI is InChI=1S/C19H16F2N4O5/c20-19(21)29-13-6-4-12(5-7-13)23-15(26)11-28-17(27)9-8-16-24-18(25-30-16)14-3-1-2-10-22-14/h1-7,10,19H,8-9,11H2,(H,23,26). The second kappa shape index (κ2) is 10.0. The molecule has 3 rings (SSSR count). The van der Waals surface area contributed by atoms with E-state index in [0.29, 0.717) is 17.2 Å². The SMILES string of the molecule is O=C(COC(=O)CCc1nc(-c2ccccn2)no1)Nc1ccc(OC(F)F)cc1. The highest BCUT2D eigenvalue weighted by Gasteiger charge is 2.13. The van der Waals surface area contributed by atoms with E-state index in [0.717, 1.165) is 0 Å². The van der Waals surface area contributed by atoms with E-state index >= 15 is 0 Å². The number of nitrogens with zero attached hydrogens (tertiary/aromatic N) is 3. The highest BCUT2D eigenvalue weighted by atomic mass is 19.3. The monoisotopic (exact) mass is 418 g/mol. The maximum atomic E-state index is 12.1. The maximum absolute atomic E-state index is 12.1. The first kappa shape index (κ1) is 20.8. The summed E-state index contributed by atoms with van der Waals surface area (Å²) in [6.07, 6.45) is 1.68. The lowest BCUT2D eigenvalue weighted by Crippen LogP contribution is -2.21. The molecule has 0 aliphatic carbocycles. The Morgan fingerprint density at radius 1 is 1.13 bits per heavy atom. The van der Waals surface area contributed by atoms with E-state index in [1.165, 1.54) is 24.3 Å². The maximum Gasteiger partial charge on any atom is 0.387 e. The van der Waals surface area contributed by atoms with Crippen LogP contribution in [0.3, 0.4) is 0 Å². The fourth-order valence-corrected chi connectivity index (χ4v) is 2.30. The quantitative estimate of drug-likeness (QED) is 0.528. The fourth-order valence-electron chi connectivity index (χ4n) is 2.30. The third kappa shape index (κ3) is 6.33. The van der Waals surface area contributed by atoms with Gasteiger partial charge in [-0.25, -0.2) is 0 Å². The number of anilines is 1. The van der Waals surface area contributed by atoms with Crippen molar-refractivity contribution in [2.75, 3.05) is 11.9 Å². The van der Waals surface area contributed by atoms with Gasteiger partial charge in [-0.15, -0.1) is 0 Å². The average molecular weight is 418 g/mol. The molecular formula is C19H16F2N4O5. The number of pyridine rings is 1. The summed E-state index contributed by atoms with van der Waals surface area (Å²) in [5.41, 5.74) is 0.881. The number of benzene rings is 1. The molecule has 1 amide bonds. The molecule has 3 aromatic rings. The molecule has 0 atom stereocenters. The summed E-state index contributed by atoms with van der Waals surface area (Å²) >= 11 is 0. The number of esters is 1. The number of amides is 1. The van der Waals surface area contributed by atoms with Crippen LogP contribution in [0.1, 0.15) is 12.3 Å². The summed E-state index contributed by atoms with van der Waals surface area (Å²) in [6, 6.07) is 10.6. The van der Waals surface area contributed by atoms with E-state index in [1.807, 2.05) is 0 Å². The minimum absolute atomic E-state index is 0.0401. The zero-order valence-corrected chi connectivity index (χ0v) is 15.5. The first-order valence-electron chi connectivity index (χ1n) is 8.74. The van der Waals surface area contributed by atoms with E-state index in [1.54, 1.807) is 24.4 Å². The molecule has 1 aromatic carbocycles. The summed E-state index contributed by atoms with van der Waals surface area (Å²) in [6.45, 7) is -3.43. The Morgan fingerprint density at radius 3 is 2.63 bits per heavy atom. The predicted molar refractivity (Wildman–Crippen MR) is 98.5 cm³/mol. The molecule has 0 aliphatic heterocycles. The van der Waals surface area contributed by atoms with Gasteiger partial charge in [0.25, 0.3) is 5.91 Å². The molecule has 11 heteroatoms. The van der Waals surface area contributed by atoms with Crippen LogP contribution < -0.4 is 10.1 Å². The second-order valence-electron chi connectivity index (χ2n) is 5.84. The van der Waals surface area contributed by atoms with Crippen LogP contribution in [0.15, 0.2) is 53.2 Å². The molecule has 9 nitrogen and oxygen atoms in total. The van der Waals surface area contributed by atoms with E-state index in [4.69, 9.17) is 9.26 Å². The Morgan fingerprint density at radius 2 is 1.93 bits per heavy atom. The summed E-state index contributed by atoms with van der Waals surface area (Å²) in [7, 11) is 0. The Labute approximate surface area is 169 Å². The minimum atomic E-state index is -2.93. The van der Waals surface area contributed by atoms with Crippen molar-refractivity contribution in [3.8, 4) is 17.3 Å². The van der Waals surface area contributed by atoms with Crippen molar-refractivity contribution < 1.29 is 32.4 Å². The number of aromatic nitrogens is 3. The second-order valence-corrected chi connectivity index (χ2v) is 5.84. The first-order valence-corrected chi connectivity index (χ1v) is 8.74. The predicted octanol–water partition coefficient (Wildman–Crippen LogP) is 2.85. The van der Waals surface area contributed by atoms with E-state index < -0.39 is 25.1 Å². The molecule has 30 heavy (non-hydrogen) atoms. The van der Waals surface area contributed by atoms with Gasteiger partial charge in [-0.2, -0.15) is 13.8 Å². The van der Waals surface area contributed by atoms with Gasteiger partial charge in [0.1, 0.15) is 11.4 Å². The summed E-state index contributed by atoms with van der Waals surface area (Å²) in [4.78, 5) is 31.9. The Bertz CT molecular complexity index is 980. The normalized spacial score (nSPS) is 10.6. The lowest BCUT2D eigenvalue weighted by molar-refractivity contribution is -0.147. The van der Waals surface area contributed by atoms with Crippen LogP contribution in [-0.2, 0) is 20.7 Å². The largest absolute Gasteiger partial charge is 0.456 e. The first-order chi connectivity index (χ1) is 14.5. The smallest absolute Gasteiger partial charge is 0.387 e. The van der Waals surface area contributed by atoms with Crippen molar-refractivity contribution in [1.82, 2.24) is 15.1 Å². The van der Waals surface area contributed by atoms with Crippen molar-refractivity contribution >= 4 is 17.6 Å². The summed E-state index contributed by atoms with van der Waals surface area (Å²) in [5.74, 6) is -0.697. The Kier molecular flexibility index (Phi) is 6.98. The molecule has 0 spiro atoms. The van der Waals surface area contributed by atoms with Gasteiger partial charge >= 0.3 is 12.6 Å². The van der Waals surface area contributed by atoms with Crippen LogP contribution in [0.2, 0.25) is 0 Å². The molecule has 2 aromatic heterocycles. The van der Waals surface area contributed by atoms with Crippen molar-refractivity contribution in [1.29, 1.82) is 0 Å². The average Bonchev–Trinajstić information content (AvgIpc) is 3.22. The van der Waals surface area contributed by atoms with Gasteiger partial charge in [0, 0.05) is 18.3 Å². The van der Waals surface area contributed by atoms with E-state index in [-0.39, 0.29) is 24.5 Å². The molecule has 0 saturated heterocycles. The number of carbonyl (C=O) groups is 2. The van der Waals surface area contributed by atoms with Crippen LogP contribution in [0.4, 0.5) is 14.5 Å². The molecule has 0 bridgehead atoms. The van der Waals surface area contributed by atoms with Crippen LogP contribution in [0, 0.1) is 0 Å². The lowest BCUT2D eigenvalue weighted by Gasteiger charge is -2.08. The summed E-state index contributed by atoms with van der Waals surface area (Å²) < 4.78 is 38.4. The Balaban J connectivity index is 1.39. The molecule has 0 unspecified atom stereocenters. The minimum Gasteiger partial charge on any atom is -0.456 e. The zero-order valence-electron chi connectivity index (χ0n) is 15.5. The van der Waals surface area contributed by atoms with Crippen molar-refractivity contribution in [3.63, 3.8) is 0 Å². The number of rotatable bonds is 9. The van der Waals surface area contributed by atoms with Gasteiger partial charge in [-0.05, 0) is 36.4 Å². The van der Waals surface area contributed by atoms with Crippen LogP contribution in [0.5, 0.6) is 5.75 Å². The topological polar surface area (TPSA) is 116 Å². The molecule has 2 heterocycles. The van der Waals surface area contributed by atoms with Gasteiger partial charge in [0.2, 0.25) is 11.7 Å². The molecule has 0 saturated carbocycles. The fraction of sp³-hybridized carbons (Fsp3) is 0.211. The molecule has 0 fully saturated rings. The van der Waals surface area contributed by atoms with Crippen molar-refractivity contribution in [2.45, 2.75) is 19.5 Å². The third-order valence-electron chi connectivity index (χ3n) is 3.63. The third-order valence-corrected chi connectivity index (χ3v) is 3.63. The van der Waals surface area contributed by atoms with E-state index in [9.17, 15) is 18.4 Å². The number of alkyl halides is 2. The number of nitrogens with one attached hydrogen (secondary N) is 1. The van der Waals surface area contributed by atoms with Crippen LogP contribution in [0.25, 0.3) is 11.5 Å². The van der Waals surface area contributed by atoms with Crippen molar-refractivity contribution in [3.05, 3.63) is 54.6 Å². The highest BCUT2D eigenvalue weighted by Crippen LogP contribution is 2.17. The summed E-state index contributed by atoms with van der Waals surface area (Å²) in [5, 5.41) is 6.26. The number of carbonyl (C=O) groups excluding carboxylic acids is 2. The Hall–Kier alpha value is -3.89. The number of ether oxygens (including phenoxy) is 2.